The van der Waals surface area contributed by atoms with Crippen LogP contribution >= 0.6 is 0 Å². The van der Waals surface area contributed by atoms with E-state index in [1.165, 1.54) is 108 Å². The largest absolute Gasteiger partial charge is 0.298 e. The number of likely N-dealkylation sites (tertiary alicyclic amines) is 1. The minimum atomic E-state index is 0. The van der Waals surface area contributed by atoms with Gasteiger partial charge in [-0.15, -0.1) is 0 Å². The van der Waals surface area contributed by atoms with Crippen molar-refractivity contribution in [3.8, 4) is 0 Å². The maximum absolute atomic E-state index is 4.72. The lowest BCUT2D eigenvalue weighted by Gasteiger charge is -2.45. The molecule has 5 nitrogen and oxygen atoms in total. The molecule has 0 amide bonds. The van der Waals surface area contributed by atoms with E-state index in [4.69, 9.17) is 4.98 Å². The molecule has 1 aliphatic carbocycles. The van der Waals surface area contributed by atoms with Gasteiger partial charge < -0.3 is 0 Å². The number of nitrogens with zero attached hydrogens (tertiary/aromatic N) is 5. The minimum absolute atomic E-state index is 0. The number of pyridine rings is 4. The van der Waals surface area contributed by atoms with Crippen LogP contribution < -0.4 is 0 Å². The third-order valence-electron chi connectivity index (χ3n) is 19.9. The van der Waals surface area contributed by atoms with Crippen molar-refractivity contribution in [3.05, 3.63) is 154 Å². The van der Waals surface area contributed by atoms with E-state index in [1.807, 2.05) is 24.8 Å². The fourth-order valence-corrected chi connectivity index (χ4v) is 11.7. The van der Waals surface area contributed by atoms with Gasteiger partial charge in [0.1, 0.15) is 0 Å². The van der Waals surface area contributed by atoms with Crippen LogP contribution in [0.25, 0.3) is 0 Å². The lowest BCUT2D eigenvalue weighted by atomic mass is 9.63. The molecular weight excluding hydrogens is 1260 g/mol. The van der Waals surface area contributed by atoms with Gasteiger partial charge in [-0.2, -0.15) is 0 Å². The summed E-state index contributed by atoms with van der Waals surface area (Å²) in [5.41, 5.74) is 16.6. The minimum Gasteiger partial charge on any atom is -0.298 e. The summed E-state index contributed by atoms with van der Waals surface area (Å²) in [6.07, 6.45) is 16.4. The third kappa shape index (κ3) is 40.8. The Morgan fingerprint density at radius 1 is 0.288 bits per heavy atom. The maximum Gasteiger partial charge on any atom is 0.0460 e. The van der Waals surface area contributed by atoms with E-state index in [2.05, 4.69) is 383 Å². The highest BCUT2D eigenvalue weighted by molar-refractivity contribution is 5.33. The summed E-state index contributed by atoms with van der Waals surface area (Å²) in [5, 5.41) is 0. The van der Waals surface area contributed by atoms with Gasteiger partial charge in [-0.1, -0.05) is 357 Å². The second-order valence-corrected chi connectivity index (χ2v) is 43.9. The molecule has 0 bridgehead atoms. The number of hydrogen-bond donors (Lipinski definition) is 0. The van der Waals surface area contributed by atoms with E-state index in [1.54, 1.807) is 0 Å². The highest BCUT2D eigenvalue weighted by Crippen LogP contribution is 2.46. The Labute approximate surface area is 655 Å². The van der Waals surface area contributed by atoms with Crippen molar-refractivity contribution in [2.24, 2.45) is 34.0 Å². The van der Waals surface area contributed by atoms with Gasteiger partial charge in [0.25, 0.3) is 0 Å². The average Bonchev–Trinajstić information content (AvgIpc) is 0.874. The van der Waals surface area contributed by atoms with E-state index >= 15 is 0 Å². The standard InChI is InChI=1S/C14H28.C14H22.3C13H21N.C13H27N.C13H21N.6CH4/c2*1-13(2,3)11-8-7-9-12(10-11)14(4,5)6;1-12(2,3)10-7-11(9-14-8-10)13(4,5)6;2*1-12(2,3)10-7-8-14-11(9-10)13(4,5)6;1-12(2,3)11-8-7-9-14(10-11)13(4,5)6;1-12(2,3)10-8-7-9-11(14-10)13(4,5)6;;;;;;/h11-12H,7-10H2,1-6H3;7-10H,1-6H3;3*7-9H,1-6H3;11H,7-10H2,1-6H3;7-9H,1-6H3;6*1H4. The topological polar surface area (TPSA) is 54.8 Å². The summed E-state index contributed by atoms with van der Waals surface area (Å²) in [4.78, 5) is 20.5. The van der Waals surface area contributed by atoms with Gasteiger partial charge in [0, 0.05) is 81.3 Å². The Hall–Kier alpha value is -4.22. The summed E-state index contributed by atoms with van der Waals surface area (Å²) >= 11 is 0. The molecule has 606 valence electrons. The van der Waals surface area contributed by atoms with Gasteiger partial charge in [-0.05, 0) is 196 Å². The number of benzene rings is 1. The van der Waals surface area contributed by atoms with Gasteiger partial charge in [0.2, 0.25) is 0 Å². The molecule has 1 aromatic carbocycles. The normalized spacial score (nSPS) is 16.4. The average molecular weight is 1450 g/mol. The van der Waals surface area contributed by atoms with Crippen molar-refractivity contribution >= 4 is 0 Å². The zero-order valence-electron chi connectivity index (χ0n) is 72.9. The molecule has 0 N–H and O–H groups in total. The van der Waals surface area contributed by atoms with Crippen LogP contribution in [-0.2, 0) is 54.1 Å². The van der Waals surface area contributed by atoms with E-state index in [9.17, 15) is 0 Å². The lowest BCUT2D eigenvalue weighted by Crippen LogP contribution is -2.49. The first-order valence-corrected chi connectivity index (χ1v) is 38.2. The molecule has 7 rings (SSSR count). The Morgan fingerprint density at radius 3 is 0.827 bits per heavy atom. The highest BCUT2D eigenvalue weighted by Gasteiger charge is 2.36. The van der Waals surface area contributed by atoms with Crippen molar-refractivity contribution in [3.63, 3.8) is 0 Å². The predicted octanol–water partition coefficient (Wildman–Crippen LogP) is 31.2. The lowest BCUT2D eigenvalue weighted by molar-refractivity contribution is 0.0388. The van der Waals surface area contributed by atoms with Crippen LogP contribution in [0.5, 0.6) is 0 Å². The van der Waals surface area contributed by atoms with Crippen LogP contribution in [0, 0.1) is 34.0 Å². The van der Waals surface area contributed by atoms with E-state index in [0.29, 0.717) is 21.8 Å². The SMILES string of the molecule is C.C.C.C.C.C.CC(C)(C)C1CCCC(C(C)(C)C)C1.CC(C)(C)C1CCCN(C(C)(C)C)C1.CC(C)(C)c1cccc(C(C)(C)C)c1.CC(C)(C)c1cccc(C(C)(C)C)n1.CC(C)(C)c1ccnc(C(C)(C)C)c1.CC(C)(C)c1ccnc(C(C)(C)C)c1.CC(C)(C)c1cncc(C(C)(C)C)c1. The van der Waals surface area contributed by atoms with Crippen LogP contribution in [0.1, 0.15) is 430 Å². The fraction of sp³-hybridized carbons (Fsp3) is 0.737. The van der Waals surface area contributed by atoms with Crippen molar-refractivity contribution in [2.45, 2.75) is 434 Å². The van der Waals surface area contributed by atoms with Crippen molar-refractivity contribution in [1.29, 1.82) is 0 Å². The Balaban J connectivity index is -0.000000267. The molecule has 1 saturated heterocycles. The molecule has 3 atom stereocenters. The van der Waals surface area contributed by atoms with E-state index in [-0.39, 0.29) is 98.7 Å². The monoisotopic (exact) mass is 1440 g/mol. The summed E-state index contributed by atoms with van der Waals surface area (Å²) in [7, 11) is 0. The molecule has 3 unspecified atom stereocenters. The number of hydrogen-bond acceptors (Lipinski definition) is 5. The van der Waals surface area contributed by atoms with Gasteiger partial charge in [0.05, 0.1) is 0 Å². The third-order valence-corrected chi connectivity index (χ3v) is 19.9. The molecule has 0 spiro atoms. The van der Waals surface area contributed by atoms with Gasteiger partial charge in [-0.25, -0.2) is 0 Å². The first-order valence-electron chi connectivity index (χ1n) is 38.2. The molecule has 104 heavy (non-hydrogen) atoms. The van der Waals surface area contributed by atoms with Crippen LogP contribution in [0.4, 0.5) is 0 Å². The smallest absolute Gasteiger partial charge is 0.0460 e. The molecule has 1 saturated carbocycles. The number of rotatable bonds is 0. The predicted molar refractivity (Wildman–Crippen MR) is 479 cm³/mol. The van der Waals surface area contributed by atoms with Crippen LogP contribution in [-0.4, -0.2) is 43.5 Å². The summed E-state index contributed by atoms with van der Waals surface area (Å²) < 4.78 is 0. The van der Waals surface area contributed by atoms with Crippen molar-refractivity contribution in [2.75, 3.05) is 13.1 Å². The first kappa shape index (κ1) is 111. The van der Waals surface area contributed by atoms with Crippen LogP contribution in [0.3, 0.4) is 0 Å². The summed E-state index contributed by atoms with van der Waals surface area (Å²) in [5.74, 6) is 2.76. The maximum atomic E-state index is 4.72. The van der Waals surface area contributed by atoms with Gasteiger partial charge in [-0.3, -0.25) is 24.8 Å². The van der Waals surface area contributed by atoms with Crippen LogP contribution in [0.2, 0.25) is 0 Å². The second kappa shape index (κ2) is 42.1. The van der Waals surface area contributed by atoms with Gasteiger partial charge >= 0.3 is 0 Å². The molecule has 5 heterocycles. The molecule has 2 fully saturated rings. The fourth-order valence-electron chi connectivity index (χ4n) is 11.7. The van der Waals surface area contributed by atoms with E-state index in [0.717, 1.165) is 17.8 Å². The molecule has 5 heteroatoms. The van der Waals surface area contributed by atoms with Crippen LogP contribution in [0.15, 0.2) is 97.6 Å². The molecule has 2 aliphatic rings. The summed E-state index contributed by atoms with van der Waals surface area (Å²) in [6, 6.07) is 26.2. The van der Waals surface area contributed by atoms with Crippen molar-refractivity contribution in [1.82, 2.24) is 24.8 Å². The first-order chi connectivity index (χ1) is 43.5. The second-order valence-electron chi connectivity index (χ2n) is 43.9. The van der Waals surface area contributed by atoms with Gasteiger partial charge in [0.15, 0.2) is 0 Å². The molecule has 1 aliphatic heterocycles. The highest BCUT2D eigenvalue weighted by atomic mass is 15.2. The number of piperidine rings is 1. The zero-order chi connectivity index (χ0) is 76.9. The Morgan fingerprint density at radius 2 is 0.558 bits per heavy atom. The Bertz CT molecular complexity index is 2480. The summed E-state index contributed by atoms with van der Waals surface area (Å²) in [6.45, 7) is 97.7. The molecular formula is C99H185N5. The quantitative estimate of drug-likeness (QED) is 0.155. The van der Waals surface area contributed by atoms with Crippen molar-refractivity contribution < 1.29 is 0 Å². The zero-order valence-corrected chi connectivity index (χ0v) is 72.9. The molecule has 4 aromatic heterocycles. The van der Waals surface area contributed by atoms with E-state index < -0.39 is 0 Å². The number of aromatic nitrogens is 4. The Kier molecular flexibility index (Phi) is 44.8. The molecule has 5 aromatic rings. The molecule has 0 radical (unpaired) electrons.